The van der Waals surface area contributed by atoms with Gasteiger partial charge in [-0.1, -0.05) is 11.6 Å². The summed E-state index contributed by atoms with van der Waals surface area (Å²) in [6.45, 7) is 6.34. The number of nitrogens with zero attached hydrogens (tertiary/aromatic N) is 2. The number of rotatable bonds is 5. The van der Waals surface area contributed by atoms with Gasteiger partial charge in [-0.25, -0.2) is 0 Å². The smallest absolute Gasteiger partial charge is 0.239 e. The van der Waals surface area contributed by atoms with E-state index in [1.54, 1.807) is 47.9 Å². The first-order valence-electron chi connectivity index (χ1n) is 7.81. The van der Waals surface area contributed by atoms with Crippen LogP contribution >= 0.6 is 11.6 Å². The largest absolute Gasteiger partial charge is 0.389 e. The third-order valence-electron chi connectivity index (χ3n) is 3.91. The minimum atomic E-state index is -0.983. The third kappa shape index (κ3) is 4.24. The van der Waals surface area contributed by atoms with Gasteiger partial charge in [0.25, 0.3) is 0 Å². The normalized spacial score (nSPS) is 18.4. The lowest BCUT2D eigenvalue weighted by Crippen LogP contribution is -2.46. The van der Waals surface area contributed by atoms with Gasteiger partial charge in [0, 0.05) is 30.3 Å². The van der Waals surface area contributed by atoms with E-state index in [4.69, 9.17) is 11.6 Å². The second kappa shape index (κ2) is 6.89. The standard InChI is InChI=1S/C17H23ClN2O3/c1-4-19(11-17(2,3)23)15(21)14-9-10-20(16(14)22)13-7-5-12(18)6-8-13/h5-8,14,23H,4,9-11H2,1-3H3. The van der Waals surface area contributed by atoms with Crippen LogP contribution in [-0.2, 0) is 9.59 Å². The number of likely N-dealkylation sites (N-methyl/N-ethyl adjacent to an activating group) is 1. The number of carbonyl (C=O) groups is 2. The molecule has 0 bridgehead atoms. The lowest BCUT2D eigenvalue weighted by atomic mass is 10.0. The first kappa shape index (κ1) is 17.8. The topological polar surface area (TPSA) is 60.9 Å². The monoisotopic (exact) mass is 338 g/mol. The van der Waals surface area contributed by atoms with Crippen LogP contribution in [0.15, 0.2) is 24.3 Å². The quantitative estimate of drug-likeness (QED) is 0.838. The van der Waals surface area contributed by atoms with E-state index >= 15 is 0 Å². The minimum absolute atomic E-state index is 0.188. The van der Waals surface area contributed by atoms with Gasteiger partial charge in [-0.15, -0.1) is 0 Å². The molecule has 1 saturated heterocycles. The van der Waals surface area contributed by atoms with Crippen molar-refractivity contribution in [1.82, 2.24) is 4.90 Å². The highest BCUT2D eigenvalue weighted by Gasteiger charge is 2.40. The predicted molar refractivity (Wildman–Crippen MR) is 90.5 cm³/mol. The molecule has 1 heterocycles. The molecule has 0 saturated carbocycles. The molecule has 2 amide bonds. The van der Waals surface area contributed by atoms with Crippen molar-refractivity contribution in [2.75, 3.05) is 24.5 Å². The number of benzene rings is 1. The highest BCUT2D eigenvalue weighted by molar-refractivity contribution is 6.30. The molecule has 23 heavy (non-hydrogen) atoms. The maximum atomic E-state index is 12.6. The lowest BCUT2D eigenvalue weighted by Gasteiger charge is -2.29. The Kier molecular flexibility index (Phi) is 5.32. The summed E-state index contributed by atoms with van der Waals surface area (Å²) in [4.78, 5) is 28.4. The maximum absolute atomic E-state index is 12.6. The average Bonchev–Trinajstić information content (AvgIpc) is 2.86. The summed E-state index contributed by atoms with van der Waals surface area (Å²) in [6.07, 6.45) is 0.489. The second-order valence-corrected chi connectivity index (χ2v) is 6.91. The molecule has 1 aromatic rings. The molecule has 0 aromatic heterocycles. The van der Waals surface area contributed by atoms with Crippen molar-refractivity contribution in [2.45, 2.75) is 32.8 Å². The summed E-state index contributed by atoms with van der Waals surface area (Å²) in [7, 11) is 0. The SMILES string of the molecule is CCN(CC(C)(C)O)C(=O)C1CCN(c2ccc(Cl)cc2)C1=O. The summed E-state index contributed by atoms with van der Waals surface area (Å²) in [5.41, 5.74) is -0.233. The number of anilines is 1. The van der Waals surface area contributed by atoms with Crippen LogP contribution in [-0.4, -0.2) is 47.1 Å². The highest BCUT2D eigenvalue weighted by atomic mass is 35.5. The summed E-state index contributed by atoms with van der Waals surface area (Å²) >= 11 is 5.87. The fraction of sp³-hybridized carbons (Fsp3) is 0.529. The van der Waals surface area contributed by atoms with Crippen LogP contribution in [0.2, 0.25) is 5.02 Å². The fourth-order valence-electron chi connectivity index (χ4n) is 2.82. The van der Waals surface area contributed by atoms with Crippen LogP contribution in [0, 0.1) is 5.92 Å². The number of amides is 2. The minimum Gasteiger partial charge on any atom is -0.389 e. The van der Waals surface area contributed by atoms with Crippen LogP contribution in [0.4, 0.5) is 5.69 Å². The van der Waals surface area contributed by atoms with Gasteiger partial charge in [-0.05, 0) is 51.5 Å². The molecule has 1 N–H and O–H groups in total. The molecule has 5 nitrogen and oxygen atoms in total. The van der Waals surface area contributed by atoms with Crippen LogP contribution in [0.5, 0.6) is 0 Å². The number of halogens is 1. The van der Waals surface area contributed by atoms with Crippen molar-refractivity contribution in [3.63, 3.8) is 0 Å². The Morgan fingerprint density at radius 2 is 2.00 bits per heavy atom. The fourth-order valence-corrected chi connectivity index (χ4v) is 2.95. The summed E-state index contributed by atoms with van der Waals surface area (Å²) in [6, 6.07) is 7.01. The molecule has 1 fully saturated rings. The van der Waals surface area contributed by atoms with Gasteiger partial charge >= 0.3 is 0 Å². The molecule has 1 aliphatic heterocycles. The molecule has 0 aliphatic carbocycles. The van der Waals surface area contributed by atoms with Crippen molar-refractivity contribution in [1.29, 1.82) is 0 Å². The van der Waals surface area contributed by atoms with E-state index in [9.17, 15) is 14.7 Å². The van der Waals surface area contributed by atoms with Crippen LogP contribution < -0.4 is 4.90 Å². The molecular formula is C17H23ClN2O3. The molecular weight excluding hydrogens is 316 g/mol. The Morgan fingerprint density at radius 1 is 1.39 bits per heavy atom. The lowest BCUT2D eigenvalue weighted by molar-refractivity contribution is -0.142. The van der Waals surface area contributed by atoms with Gasteiger partial charge in [-0.2, -0.15) is 0 Å². The van der Waals surface area contributed by atoms with E-state index in [0.29, 0.717) is 24.5 Å². The van der Waals surface area contributed by atoms with Gasteiger partial charge in [-0.3, -0.25) is 9.59 Å². The van der Waals surface area contributed by atoms with Crippen molar-refractivity contribution < 1.29 is 14.7 Å². The van der Waals surface area contributed by atoms with Gasteiger partial charge in [0.2, 0.25) is 11.8 Å². The van der Waals surface area contributed by atoms with E-state index in [1.165, 1.54) is 0 Å². The second-order valence-electron chi connectivity index (χ2n) is 6.47. The average molecular weight is 339 g/mol. The van der Waals surface area contributed by atoms with E-state index in [1.807, 2.05) is 6.92 Å². The molecule has 6 heteroatoms. The Balaban J connectivity index is 2.11. The molecule has 2 rings (SSSR count). The Hall–Kier alpha value is -1.59. The van der Waals surface area contributed by atoms with Gasteiger partial charge in [0.15, 0.2) is 0 Å². The Bertz CT molecular complexity index is 580. The van der Waals surface area contributed by atoms with E-state index in [2.05, 4.69) is 0 Å². The first-order chi connectivity index (χ1) is 10.7. The highest BCUT2D eigenvalue weighted by Crippen LogP contribution is 2.27. The molecule has 1 atom stereocenters. The van der Waals surface area contributed by atoms with Crippen molar-refractivity contribution in [2.24, 2.45) is 5.92 Å². The first-order valence-corrected chi connectivity index (χ1v) is 8.19. The molecule has 1 aromatic carbocycles. The maximum Gasteiger partial charge on any atom is 0.239 e. The van der Waals surface area contributed by atoms with E-state index in [0.717, 1.165) is 5.69 Å². The van der Waals surface area contributed by atoms with Crippen molar-refractivity contribution in [3.8, 4) is 0 Å². The molecule has 1 unspecified atom stereocenters. The Labute approximate surface area is 141 Å². The summed E-state index contributed by atoms with van der Waals surface area (Å²) in [5, 5.41) is 10.5. The van der Waals surface area contributed by atoms with E-state index in [-0.39, 0.29) is 18.4 Å². The number of hydrogen-bond acceptors (Lipinski definition) is 3. The zero-order valence-corrected chi connectivity index (χ0v) is 14.5. The Morgan fingerprint density at radius 3 is 2.52 bits per heavy atom. The zero-order chi connectivity index (χ0) is 17.2. The van der Waals surface area contributed by atoms with E-state index < -0.39 is 11.5 Å². The van der Waals surface area contributed by atoms with Crippen LogP contribution in [0.3, 0.4) is 0 Å². The third-order valence-corrected chi connectivity index (χ3v) is 4.17. The summed E-state index contributed by atoms with van der Waals surface area (Å²) in [5.74, 6) is -1.07. The number of carbonyl (C=O) groups excluding carboxylic acids is 2. The van der Waals surface area contributed by atoms with Crippen LogP contribution in [0.25, 0.3) is 0 Å². The molecule has 0 radical (unpaired) electrons. The number of hydrogen-bond donors (Lipinski definition) is 1. The van der Waals surface area contributed by atoms with Gasteiger partial charge in [0.05, 0.1) is 5.60 Å². The van der Waals surface area contributed by atoms with Gasteiger partial charge < -0.3 is 14.9 Å². The van der Waals surface area contributed by atoms with Crippen LogP contribution in [0.1, 0.15) is 27.2 Å². The zero-order valence-electron chi connectivity index (χ0n) is 13.8. The summed E-state index contributed by atoms with van der Waals surface area (Å²) < 4.78 is 0. The molecule has 1 aliphatic rings. The van der Waals surface area contributed by atoms with Gasteiger partial charge in [0.1, 0.15) is 5.92 Å². The molecule has 0 spiro atoms. The van der Waals surface area contributed by atoms with Crippen molar-refractivity contribution in [3.05, 3.63) is 29.3 Å². The number of aliphatic hydroxyl groups is 1. The van der Waals surface area contributed by atoms with Crippen molar-refractivity contribution >= 4 is 29.1 Å². The molecule has 126 valence electrons. The predicted octanol–water partition coefficient (Wildman–Crippen LogP) is 2.31.